The summed E-state index contributed by atoms with van der Waals surface area (Å²) in [6, 6.07) is 3.92. The number of hydrogen-bond donors (Lipinski definition) is 1. The van der Waals surface area contributed by atoms with Crippen LogP contribution in [0.15, 0.2) is 30.7 Å². The van der Waals surface area contributed by atoms with Crippen molar-refractivity contribution in [3.05, 3.63) is 41.9 Å². The fourth-order valence-electron chi connectivity index (χ4n) is 2.65. The molecule has 0 aliphatic carbocycles. The van der Waals surface area contributed by atoms with E-state index in [1.54, 1.807) is 6.20 Å². The van der Waals surface area contributed by atoms with E-state index in [-0.39, 0.29) is 11.8 Å². The highest BCUT2D eigenvalue weighted by molar-refractivity contribution is 7.98. The van der Waals surface area contributed by atoms with Gasteiger partial charge in [0.25, 0.3) is 0 Å². The molecule has 0 bridgehead atoms. The molecule has 1 atom stereocenters. The van der Waals surface area contributed by atoms with E-state index >= 15 is 0 Å². The van der Waals surface area contributed by atoms with Crippen LogP contribution in [-0.4, -0.2) is 32.7 Å². The summed E-state index contributed by atoms with van der Waals surface area (Å²) >= 11 is 1.81. The zero-order valence-corrected chi connectivity index (χ0v) is 12.8. The number of aromatic nitrogens is 3. The topological polar surface area (TPSA) is 59.8 Å². The first-order chi connectivity index (χ1) is 10.3. The molecule has 0 saturated carbocycles. The molecule has 3 rings (SSSR count). The number of carbonyl (C=O) groups is 1. The highest BCUT2D eigenvalue weighted by atomic mass is 32.2. The predicted octanol–water partition coefficient (Wildman–Crippen LogP) is 2.51. The van der Waals surface area contributed by atoms with Crippen molar-refractivity contribution < 1.29 is 4.79 Å². The number of carbonyl (C=O) groups excluding carboxylic acids is 1. The van der Waals surface area contributed by atoms with E-state index in [9.17, 15) is 4.79 Å². The van der Waals surface area contributed by atoms with Crippen molar-refractivity contribution in [2.45, 2.75) is 25.3 Å². The maximum atomic E-state index is 11.9. The van der Waals surface area contributed by atoms with Crippen molar-refractivity contribution in [3.63, 3.8) is 0 Å². The Hall–Kier alpha value is -1.82. The third-order valence-electron chi connectivity index (χ3n) is 3.72. The number of pyridine rings is 1. The van der Waals surface area contributed by atoms with E-state index in [2.05, 4.69) is 21.7 Å². The van der Waals surface area contributed by atoms with Crippen molar-refractivity contribution in [2.75, 3.05) is 17.3 Å². The van der Waals surface area contributed by atoms with Crippen LogP contribution in [0.5, 0.6) is 0 Å². The first-order valence-corrected chi connectivity index (χ1v) is 8.40. The molecule has 1 unspecified atom stereocenters. The largest absolute Gasteiger partial charge is 0.311 e. The first-order valence-electron chi connectivity index (χ1n) is 7.01. The number of fused-ring (bicyclic) bond motifs is 1. The van der Waals surface area contributed by atoms with Crippen LogP contribution in [0.4, 0.5) is 5.82 Å². The normalized spacial score (nSPS) is 17.4. The highest BCUT2D eigenvalue weighted by Gasteiger charge is 2.28. The van der Waals surface area contributed by atoms with Gasteiger partial charge < -0.3 is 5.32 Å². The van der Waals surface area contributed by atoms with Crippen molar-refractivity contribution >= 4 is 23.5 Å². The summed E-state index contributed by atoms with van der Waals surface area (Å²) in [6.07, 6.45) is 9.14. The lowest BCUT2D eigenvalue weighted by molar-refractivity contribution is -0.116. The standard InChI is InChI=1S/C15H18N4OS/c1-21-6-4-12-7-14(20)18-15-13(12)9-17-19(15)10-11-3-2-5-16-8-11/h2-3,5,8-9,12H,4,6-7,10H2,1H3,(H,18,20). The summed E-state index contributed by atoms with van der Waals surface area (Å²) in [5.74, 6) is 2.28. The molecule has 0 aromatic carbocycles. The molecule has 2 aromatic rings. The summed E-state index contributed by atoms with van der Waals surface area (Å²) in [5.41, 5.74) is 2.23. The minimum atomic E-state index is 0.0848. The molecule has 1 aliphatic heterocycles. The van der Waals surface area contributed by atoms with Crippen LogP contribution < -0.4 is 5.32 Å². The van der Waals surface area contributed by atoms with Crippen molar-refractivity contribution in [1.82, 2.24) is 14.8 Å². The van der Waals surface area contributed by atoms with Gasteiger partial charge in [-0.15, -0.1) is 0 Å². The summed E-state index contributed by atoms with van der Waals surface area (Å²) in [4.78, 5) is 16.0. The molecule has 1 amide bonds. The molecule has 0 fully saturated rings. The zero-order chi connectivity index (χ0) is 14.7. The number of anilines is 1. The van der Waals surface area contributed by atoms with E-state index in [0.717, 1.165) is 29.1 Å². The van der Waals surface area contributed by atoms with Gasteiger partial charge in [-0.1, -0.05) is 6.07 Å². The molecule has 2 aromatic heterocycles. The second-order valence-electron chi connectivity index (χ2n) is 5.20. The molecule has 1 aliphatic rings. The molecule has 3 heterocycles. The van der Waals surface area contributed by atoms with Crippen LogP contribution in [0, 0.1) is 0 Å². The van der Waals surface area contributed by atoms with E-state index in [4.69, 9.17) is 0 Å². The number of nitrogens with one attached hydrogen (secondary N) is 1. The summed E-state index contributed by atoms with van der Waals surface area (Å²) in [5, 5.41) is 7.42. The molecule has 0 saturated heterocycles. The molecule has 0 radical (unpaired) electrons. The Morgan fingerprint density at radius 2 is 2.38 bits per heavy atom. The summed E-state index contributed by atoms with van der Waals surface area (Å²) < 4.78 is 1.86. The second-order valence-corrected chi connectivity index (χ2v) is 6.18. The maximum absolute atomic E-state index is 11.9. The molecular formula is C15H18N4OS. The molecule has 6 heteroatoms. The Bertz CT molecular complexity index is 626. The molecule has 21 heavy (non-hydrogen) atoms. The fraction of sp³-hybridized carbons (Fsp3) is 0.400. The molecule has 1 N–H and O–H groups in total. The Balaban J connectivity index is 1.85. The van der Waals surface area contributed by atoms with Crippen LogP contribution in [0.1, 0.15) is 29.9 Å². The van der Waals surface area contributed by atoms with Gasteiger partial charge in [-0.3, -0.25) is 9.78 Å². The van der Waals surface area contributed by atoms with Gasteiger partial charge >= 0.3 is 0 Å². The van der Waals surface area contributed by atoms with Crippen LogP contribution in [0.25, 0.3) is 0 Å². The van der Waals surface area contributed by atoms with E-state index in [0.29, 0.717) is 13.0 Å². The first kappa shape index (κ1) is 14.1. The van der Waals surface area contributed by atoms with Gasteiger partial charge in [0, 0.05) is 24.4 Å². The van der Waals surface area contributed by atoms with Gasteiger partial charge in [-0.25, -0.2) is 4.68 Å². The lowest BCUT2D eigenvalue weighted by Gasteiger charge is -2.23. The van der Waals surface area contributed by atoms with Crippen LogP contribution in [-0.2, 0) is 11.3 Å². The van der Waals surface area contributed by atoms with Gasteiger partial charge in [-0.2, -0.15) is 16.9 Å². The van der Waals surface area contributed by atoms with Gasteiger partial charge in [-0.05, 0) is 36.0 Å². The maximum Gasteiger partial charge on any atom is 0.226 e. The highest BCUT2D eigenvalue weighted by Crippen LogP contribution is 2.35. The lowest BCUT2D eigenvalue weighted by Crippen LogP contribution is -2.24. The fourth-order valence-corrected chi connectivity index (χ4v) is 3.17. The number of hydrogen-bond acceptors (Lipinski definition) is 4. The van der Waals surface area contributed by atoms with E-state index < -0.39 is 0 Å². The van der Waals surface area contributed by atoms with E-state index in [1.165, 1.54) is 0 Å². The van der Waals surface area contributed by atoms with Crippen molar-refractivity contribution in [1.29, 1.82) is 0 Å². The Morgan fingerprint density at radius 1 is 1.48 bits per heavy atom. The van der Waals surface area contributed by atoms with Crippen molar-refractivity contribution in [2.24, 2.45) is 0 Å². The molecule has 5 nitrogen and oxygen atoms in total. The number of amides is 1. The van der Waals surface area contributed by atoms with Crippen LogP contribution in [0.3, 0.4) is 0 Å². The SMILES string of the molecule is CSCCC1CC(=O)Nc2c1cnn2Cc1cccnc1. The Labute approximate surface area is 128 Å². The number of rotatable bonds is 5. The molecule has 0 spiro atoms. The minimum Gasteiger partial charge on any atom is -0.311 e. The zero-order valence-electron chi connectivity index (χ0n) is 12.0. The minimum absolute atomic E-state index is 0.0848. The van der Waals surface area contributed by atoms with Gasteiger partial charge in [0.2, 0.25) is 5.91 Å². The Morgan fingerprint density at radius 3 is 3.14 bits per heavy atom. The quantitative estimate of drug-likeness (QED) is 0.922. The molecule has 110 valence electrons. The van der Waals surface area contributed by atoms with Gasteiger partial charge in [0.1, 0.15) is 5.82 Å². The van der Waals surface area contributed by atoms with Gasteiger partial charge in [0.05, 0.1) is 12.7 Å². The number of nitrogens with zero attached hydrogens (tertiary/aromatic N) is 3. The summed E-state index contributed by atoms with van der Waals surface area (Å²) in [7, 11) is 0. The van der Waals surface area contributed by atoms with Crippen LogP contribution in [0.2, 0.25) is 0 Å². The van der Waals surface area contributed by atoms with Crippen molar-refractivity contribution in [3.8, 4) is 0 Å². The average Bonchev–Trinajstić information content (AvgIpc) is 2.89. The summed E-state index contributed by atoms with van der Waals surface area (Å²) in [6.45, 7) is 0.624. The van der Waals surface area contributed by atoms with Gasteiger partial charge in [0.15, 0.2) is 0 Å². The lowest BCUT2D eigenvalue weighted by atomic mass is 9.92. The third kappa shape index (κ3) is 3.10. The average molecular weight is 302 g/mol. The Kier molecular flexibility index (Phi) is 4.24. The molecular weight excluding hydrogens is 284 g/mol. The number of thioether (sulfide) groups is 1. The van der Waals surface area contributed by atoms with E-state index in [1.807, 2.05) is 41.0 Å². The monoisotopic (exact) mass is 302 g/mol. The predicted molar refractivity (Wildman–Crippen MR) is 84.6 cm³/mol. The third-order valence-corrected chi connectivity index (χ3v) is 4.37. The second kappa shape index (κ2) is 6.30. The van der Waals surface area contributed by atoms with Crippen LogP contribution >= 0.6 is 11.8 Å². The smallest absolute Gasteiger partial charge is 0.226 e.